The summed E-state index contributed by atoms with van der Waals surface area (Å²) in [6, 6.07) is 7.50. The molecule has 4 rings (SSSR count). The Hall–Kier alpha value is -3.26. The lowest BCUT2D eigenvalue weighted by molar-refractivity contribution is -0.154. The van der Waals surface area contributed by atoms with Crippen molar-refractivity contribution in [1.82, 2.24) is 5.32 Å². The number of benzene rings is 2. The number of hydrogen-bond acceptors (Lipinski definition) is 7. The number of thioether (sulfide) groups is 1. The minimum atomic E-state index is -0.447. The van der Waals surface area contributed by atoms with Crippen LogP contribution in [-0.2, 0) is 27.2 Å². The standard InChI is InChI=1S/C36H47NO6S/c1-23-24(2)32-29(25(3)28(23)13-11-9-8-10-12-14-31(38)42-35(4,5)6)19-20-36(7,43-32)22-41-27-17-15-26(16-18-27)21-30-33(39)37-34(40)44-30/h15-18,21H,8-14,19-20,22H2,1-7H3,(H,37,39,40)/b30-21-. The van der Waals surface area contributed by atoms with Crippen molar-refractivity contribution in [2.75, 3.05) is 6.61 Å². The zero-order chi connectivity index (χ0) is 32.1. The van der Waals surface area contributed by atoms with Crippen LogP contribution in [0.2, 0.25) is 0 Å². The van der Waals surface area contributed by atoms with E-state index >= 15 is 0 Å². The van der Waals surface area contributed by atoms with Gasteiger partial charge in [-0.2, -0.15) is 0 Å². The van der Waals surface area contributed by atoms with Gasteiger partial charge in [0.15, 0.2) is 0 Å². The number of nitrogens with one attached hydrogen (secondary N) is 1. The van der Waals surface area contributed by atoms with Gasteiger partial charge in [-0.05, 0) is 144 Å². The normalized spacial score (nSPS) is 19.0. The number of carbonyl (C=O) groups excluding carboxylic acids is 3. The van der Waals surface area contributed by atoms with Crippen LogP contribution in [0.1, 0.15) is 106 Å². The summed E-state index contributed by atoms with van der Waals surface area (Å²) in [5.74, 6) is 1.27. The predicted octanol–water partition coefficient (Wildman–Crippen LogP) is 8.32. The van der Waals surface area contributed by atoms with Gasteiger partial charge >= 0.3 is 5.97 Å². The molecular weight excluding hydrogens is 574 g/mol. The van der Waals surface area contributed by atoms with Gasteiger partial charge in [-0.1, -0.05) is 31.4 Å². The van der Waals surface area contributed by atoms with Crippen molar-refractivity contribution in [3.63, 3.8) is 0 Å². The van der Waals surface area contributed by atoms with E-state index in [0.29, 0.717) is 17.9 Å². The molecule has 7 nitrogen and oxygen atoms in total. The topological polar surface area (TPSA) is 90.9 Å². The van der Waals surface area contributed by atoms with Crippen LogP contribution in [0.4, 0.5) is 4.79 Å². The van der Waals surface area contributed by atoms with E-state index in [1.165, 1.54) is 27.8 Å². The highest BCUT2D eigenvalue weighted by atomic mass is 32.2. The zero-order valence-electron chi connectivity index (χ0n) is 27.3. The van der Waals surface area contributed by atoms with Crippen LogP contribution >= 0.6 is 11.8 Å². The summed E-state index contributed by atoms with van der Waals surface area (Å²) in [6.45, 7) is 14.9. The molecule has 8 heteroatoms. The van der Waals surface area contributed by atoms with Gasteiger partial charge in [-0.15, -0.1) is 0 Å². The highest BCUT2D eigenvalue weighted by Crippen LogP contribution is 2.41. The van der Waals surface area contributed by atoms with Crippen LogP contribution in [-0.4, -0.2) is 34.9 Å². The molecule has 2 aliphatic rings. The number of unbranched alkanes of at least 4 members (excludes halogenated alkanes) is 4. The van der Waals surface area contributed by atoms with Gasteiger partial charge in [0.1, 0.15) is 29.3 Å². The van der Waals surface area contributed by atoms with Gasteiger partial charge < -0.3 is 14.2 Å². The van der Waals surface area contributed by atoms with Gasteiger partial charge in [0, 0.05) is 6.42 Å². The summed E-state index contributed by atoms with van der Waals surface area (Å²) in [7, 11) is 0. The molecule has 0 aromatic heterocycles. The Bertz CT molecular complexity index is 1420. The molecule has 1 saturated heterocycles. The van der Waals surface area contributed by atoms with E-state index in [9.17, 15) is 14.4 Å². The molecule has 238 valence electrons. The Kier molecular flexibility index (Phi) is 10.9. The van der Waals surface area contributed by atoms with E-state index in [-0.39, 0.29) is 17.1 Å². The lowest BCUT2D eigenvalue weighted by Crippen LogP contribution is -2.42. The van der Waals surface area contributed by atoms with Gasteiger partial charge in [0.2, 0.25) is 0 Å². The molecule has 1 atom stereocenters. The first-order chi connectivity index (χ1) is 20.7. The van der Waals surface area contributed by atoms with E-state index in [4.69, 9.17) is 14.2 Å². The van der Waals surface area contributed by atoms with Crippen LogP contribution in [0.25, 0.3) is 6.08 Å². The van der Waals surface area contributed by atoms with Crippen molar-refractivity contribution >= 4 is 35.0 Å². The van der Waals surface area contributed by atoms with Gasteiger partial charge in [-0.3, -0.25) is 19.7 Å². The second-order valence-corrected chi connectivity index (χ2v) is 14.3. The Morgan fingerprint density at radius 1 is 1.00 bits per heavy atom. The third-order valence-corrected chi connectivity index (χ3v) is 9.19. The summed E-state index contributed by atoms with van der Waals surface area (Å²) in [4.78, 5) is 35.5. The van der Waals surface area contributed by atoms with Gasteiger partial charge in [0.05, 0.1) is 4.91 Å². The number of hydrogen-bond donors (Lipinski definition) is 1. The fourth-order valence-electron chi connectivity index (χ4n) is 5.82. The van der Waals surface area contributed by atoms with Crippen LogP contribution in [0.3, 0.4) is 0 Å². The van der Waals surface area contributed by atoms with E-state index in [2.05, 4.69) is 33.0 Å². The number of ether oxygens (including phenoxy) is 3. The molecule has 2 amide bonds. The first-order valence-electron chi connectivity index (χ1n) is 15.7. The Morgan fingerprint density at radius 2 is 1.68 bits per heavy atom. The molecular formula is C36H47NO6S. The highest BCUT2D eigenvalue weighted by Gasteiger charge is 2.35. The predicted molar refractivity (Wildman–Crippen MR) is 176 cm³/mol. The summed E-state index contributed by atoms with van der Waals surface area (Å²) in [5.41, 5.74) is 6.63. The summed E-state index contributed by atoms with van der Waals surface area (Å²) < 4.78 is 18.3. The second-order valence-electron chi connectivity index (χ2n) is 13.3. The number of carbonyl (C=O) groups is 3. The van der Waals surface area contributed by atoms with Crippen LogP contribution in [0.5, 0.6) is 11.5 Å². The fraction of sp³-hybridized carbons (Fsp3) is 0.528. The molecule has 2 aromatic carbocycles. The molecule has 1 N–H and O–H groups in total. The molecule has 2 aromatic rings. The first-order valence-corrected chi connectivity index (χ1v) is 16.6. The lowest BCUT2D eigenvalue weighted by Gasteiger charge is -2.38. The fourth-order valence-corrected chi connectivity index (χ4v) is 6.50. The number of fused-ring (bicyclic) bond motifs is 1. The van der Waals surface area contributed by atoms with Crippen molar-refractivity contribution in [2.45, 2.75) is 117 Å². The molecule has 0 radical (unpaired) electrons. The molecule has 0 bridgehead atoms. The summed E-state index contributed by atoms with van der Waals surface area (Å²) in [6.07, 6.45) is 10.4. The van der Waals surface area contributed by atoms with Crippen LogP contribution in [0, 0.1) is 20.8 Å². The van der Waals surface area contributed by atoms with E-state index in [0.717, 1.165) is 80.2 Å². The quantitative estimate of drug-likeness (QED) is 0.145. The van der Waals surface area contributed by atoms with Crippen molar-refractivity contribution in [1.29, 1.82) is 0 Å². The SMILES string of the molecule is Cc1c(C)c2c(c(C)c1CCCCCCCC(=O)OC(C)(C)C)CCC(C)(COc1ccc(/C=C3\SC(=O)NC3=O)cc1)O2. The molecule has 0 aliphatic carbocycles. The van der Waals surface area contributed by atoms with Crippen LogP contribution in [0.15, 0.2) is 29.2 Å². The Labute approximate surface area is 266 Å². The average molecular weight is 622 g/mol. The highest BCUT2D eigenvalue weighted by molar-refractivity contribution is 8.18. The second kappa shape index (κ2) is 14.2. The monoisotopic (exact) mass is 621 g/mol. The molecule has 44 heavy (non-hydrogen) atoms. The van der Waals surface area contributed by atoms with Crippen molar-refractivity contribution in [3.8, 4) is 11.5 Å². The summed E-state index contributed by atoms with van der Waals surface area (Å²) >= 11 is 0.909. The van der Waals surface area contributed by atoms with Gasteiger partial charge in [-0.25, -0.2) is 0 Å². The van der Waals surface area contributed by atoms with E-state index in [1.807, 2.05) is 45.0 Å². The maximum Gasteiger partial charge on any atom is 0.306 e. The molecule has 2 heterocycles. The van der Waals surface area contributed by atoms with E-state index in [1.54, 1.807) is 6.08 Å². The number of imide groups is 1. The largest absolute Gasteiger partial charge is 0.489 e. The lowest BCUT2D eigenvalue weighted by atomic mass is 9.84. The number of esters is 1. The first kappa shape index (κ1) is 33.6. The zero-order valence-corrected chi connectivity index (χ0v) is 28.1. The van der Waals surface area contributed by atoms with Crippen molar-refractivity contribution in [2.24, 2.45) is 0 Å². The molecule has 1 unspecified atom stereocenters. The number of rotatable bonds is 12. The maximum absolute atomic E-state index is 11.9. The maximum atomic E-state index is 11.9. The van der Waals surface area contributed by atoms with Crippen molar-refractivity contribution in [3.05, 3.63) is 62.6 Å². The smallest absolute Gasteiger partial charge is 0.306 e. The minimum Gasteiger partial charge on any atom is -0.489 e. The Balaban J connectivity index is 1.28. The Morgan fingerprint density at radius 3 is 2.34 bits per heavy atom. The van der Waals surface area contributed by atoms with Gasteiger partial charge in [0.25, 0.3) is 11.1 Å². The minimum absolute atomic E-state index is 0.0998. The van der Waals surface area contributed by atoms with E-state index < -0.39 is 11.2 Å². The molecule has 2 aliphatic heterocycles. The average Bonchev–Trinajstić information content (AvgIpc) is 3.27. The van der Waals surface area contributed by atoms with Crippen molar-refractivity contribution < 1.29 is 28.6 Å². The third kappa shape index (κ3) is 8.90. The third-order valence-electron chi connectivity index (χ3n) is 8.38. The molecule has 1 fully saturated rings. The summed E-state index contributed by atoms with van der Waals surface area (Å²) in [5, 5.41) is 1.92. The van der Waals surface area contributed by atoms with Crippen LogP contribution < -0.4 is 14.8 Å². The molecule has 0 spiro atoms. The number of amides is 2. The molecule has 0 saturated carbocycles.